The number of carbonyl (C=O) groups is 1. The molecule has 0 radical (unpaired) electrons. The van der Waals surface area contributed by atoms with Crippen LogP contribution in [0.15, 0.2) is 16.9 Å². The summed E-state index contributed by atoms with van der Waals surface area (Å²) in [4.78, 5) is 30.1. The number of aromatic amines is 1. The summed E-state index contributed by atoms with van der Waals surface area (Å²) in [6, 6.07) is 3.14. The van der Waals surface area contributed by atoms with Crippen molar-refractivity contribution in [2.24, 2.45) is 0 Å². The molecule has 0 saturated heterocycles. The van der Waals surface area contributed by atoms with E-state index >= 15 is 0 Å². The summed E-state index contributed by atoms with van der Waals surface area (Å²) in [7, 11) is 0. The smallest absolute Gasteiger partial charge is 0.252 e. The lowest BCUT2D eigenvalue weighted by atomic mass is 10.2. The van der Waals surface area contributed by atoms with E-state index in [0.717, 1.165) is 6.42 Å². The van der Waals surface area contributed by atoms with Crippen LogP contribution in [0.1, 0.15) is 24.7 Å². The number of aromatic nitrogens is 4. The fraction of sp³-hybridized carbons (Fsp3) is 0.385. The Balaban J connectivity index is 2.46. The van der Waals surface area contributed by atoms with Gasteiger partial charge in [0.2, 0.25) is 11.9 Å². The molecule has 0 unspecified atom stereocenters. The van der Waals surface area contributed by atoms with Crippen molar-refractivity contribution in [3.05, 3.63) is 33.9 Å². The van der Waals surface area contributed by atoms with Crippen molar-refractivity contribution in [1.29, 1.82) is 0 Å². The molecule has 0 aromatic carbocycles. The van der Waals surface area contributed by atoms with Gasteiger partial charge in [0.1, 0.15) is 11.7 Å². The molecule has 1 amide bonds. The van der Waals surface area contributed by atoms with E-state index in [2.05, 4.69) is 20.4 Å². The first-order chi connectivity index (χ1) is 10.0. The lowest BCUT2D eigenvalue weighted by Crippen LogP contribution is -2.19. The van der Waals surface area contributed by atoms with Crippen molar-refractivity contribution in [3.8, 4) is 5.95 Å². The lowest BCUT2D eigenvalue weighted by molar-refractivity contribution is -0.114. The highest BCUT2D eigenvalue weighted by atomic mass is 35.5. The largest absolute Gasteiger partial charge is 0.309 e. The van der Waals surface area contributed by atoms with Gasteiger partial charge >= 0.3 is 0 Å². The summed E-state index contributed by atoms with van der Waals surface area (Å²) >= 11 is 5.48. The van der Waals surface area contributed by atoms with Gasteiger partial charge in [0.05, 0.1) is 5.69 Å². The van der Waals surface area contributed by atoms with Gasteiger partial charge in [0.25, 0.3) is 5.56 Å². The van der Waals surface area contributed by atoms with Gasteiger partial charge in [-0.3, -0.25) is 14.6 Å². The van der Waals surface area contributed by atoms with E-state index < -0.39 is 0 Å². The molecule has 0 saturated carbocycles. The van der Waals surface area contributed by atoms with Gasteiger partial charge in [-0.15, -0.1) is 11.6 Å². The summed E-state index contributed by atoms with van der Waals surface area (Å²) < 4.78 is 1.39. The Hall–Kier alpha value is -2.15. The summed E-state index contributed by atoms with van der Waals surface area (Å²) in [6.07, 6.45) is 1.57. The third-order valence-electron chi connectivity index (χ3n) is 2.71. The first-order valence-electron chi connectivity index (χ1n) is 6.56. The van der Waals surface area contributed by atoms with Crippen molar-refractivity contribution in [1.82, 2.24) is 19.7 Å². The number of carbonyl (C=O) groups excluding carboxylic acids is 1. The fourth-order valence-corrected chi connectivity index (χ4v) is 1.97. The van der Waals surface area contributed by atoms with Gasteiger partial charge in [0, 0.05) is 17.8 Å². The molecule has 2 heterocycles. The van der Waals surface area contributed by atoms with Crippen LogP contribution in [0.4, 0.5) is 5.82 Å². The number of rotatable bonds is 5. The minimum atomic E-state index is -0.357. The molecule has 21 heavy (non-hydrogen) atoms. The highest BCUT2D eigenvalue weighted by molar-refractivity contribution is 6.29. The monoisotopic (exact) mass is 309 g/mol. The quantitative estimate of drug-likeness (QED) is 0.816. The van der Waals surface area contributed by atoms with Gasteiger partial charge in [-0.05, 0) is 13.3 Å². The molecular weight excluding hydrogens is 294 g/mol. The summed E-state index contributed by atoms with van der Waals surface area (Å²) in [6.45, 7) is 3.79. The van der Waals surface area contributed by atoms with Crippen molar-refractivity contribution in [2.75, 3.05) is 11.2 Å². The molecule has 0 aliphatic heterocycles. The van der Waals surface area contributed by atoms with Crippen LogP contribution >= 0.6 is 11.6 Å². The predicted molar refractivity (Wildman–Crippen MR) is 80.1 cm³/mol. The highest BCUT2D eigenvalue weighted by Crippen LogP contribution is 2.14. The third-order valence-corrected chi connectivity index (χ3v) is 2.95. The Bertz CT molecular complexity index is 707. The molecule has 8 heteroatoms. The van der Waals surface area contributed by atoms with Crippen molar-refractivity contribution in [3.63, 3.8) is 0 Å². The Labute approximate surface area is 126 Å². The average molecular weight is 310 g/mol. The second-order valence-corrected chi connectivity index (χ2v) is 4.84. The molecule has 7 nitrogen and oxygen atoms in total. The topological polar surface area (TPSA) is 92.7 Å². The number of anilines is 1. The summed E-state index contributed by atoms with van der Waals surface area (Å²) in [5, 5.41) is 6.85. The molecule has 2 N–H and O–H groups in total. The fourth-order valence-electron chi connectivity index (χ4n) is 1.90. The van der Waals surface area contributed by atoms with Crippen LogP contribution in [-0.4, -0.2) is 31.5 Å². The Morgan fingerprint density at radius 2 is 2.24 bits per heavy atom. The molecule has 2 aromatic heterocycles. The molecule has 0 aliphatic carbocycles. The molecular formula is C13H16ClN5O2. The maximum absolute atomic E-state index is 11.7. The van der Waals surface area contributed by atoms with E-state index in [9.17, 15) is 9.59 Å². The number of alkyl halides is 1. The highest BCUT2D eigenvalue weighted by Gasteiger charge is 2.13. The zero-order valence-corrected chi connectivity index (χ0v) is 12.6. The van der Waals surface area contributed by atoms with Crippen LogP contribution < -0.4 is 10.9 Å². The number of amides is 1. The zero-order valence-electron chi connectivity index (χ0n) is 11.8. The van der Waals surface area contributed by atoms with Crippen LogP contribution in [0.25, 0.3) is 5.95 Å². The molecule has 2 aromatic rings. The van der Waals surface area contributed by atoms with Crippen molar-refractivity contribution < 1.29 is 4.79 Å². The minimum Gasteiger partial charge on any atom is -0.309 e. The molecule has 0 aliphatic rings. The van der Waals surface area contributed by atoms with Gasteiger partial charge in [-0.25, -0.2) is 4.98 Å². The molecule has 0 fully saturated rings. The molecule has 112 valence electrons. The van der Waals surface area contributed by atoms with Gasteiger partial charge in [-0.1, -0.05) is 13.3 Å². The average Bonchev–Trinajstić information content (AvgIpc) is 2.79. The first-order valence-corrected chi connectivity index (χ1v) is 7.10. The maximum Gasteiger partial charge on any atom is 0.252 e. The molecule has 0 atom stereocenters. The van der Waals surface area contributed by atoms with E-state index in [1.54, 1.807) is 13.0 Å². The summed E-state index contributed by atoms with van der Waals surface area (Å²) in [5.74, 6) is 0.160. The normalized spacial score (nSPS) is 10.6. The number of aryl methyl sites for hydroxylation is 2. The van der Waals surface area contributed by atoms with E-state index in [0.29, 0.717) is 23.6 Å². The number of nitrogens with one attached hydrogen (secondary N) is 2. The summed E-state index contributed by atoms with van der Waals surface area (Å²) in [5.41, 5.74) is 1.11. The Morgan fingerprint density at radius 1 is 1.48 bits per heavy atom. The SMILES string of the molecule is CCCc1cc(=O)[nH]c(-n2nc(C)cc2NC(=O)CCl)n1. The second-order valence-electron chi connectivity index (χ2n) is 4.57. The number of hydrogen-bond donors (Lipinski definition) is 2. The van der Waals surface area contributed by atoms with Gasteiger partial charge in [-0.2, -0.15) is 9.78 Å². The van der Waals surface area contributed by atoms with Crippen LogP contribution in [0.2, 0.25) is 0 Å². The van der Waals surface area contributed by atoms with E-state index in [1.807, 2.05) is 6.92 Å². The third kappa shape index (κ3) is 3.69. The number of hydrogen-bond acceptors (Lipinski definition) is 4. The van der Waals surface area contributed by atoms with Crippen LogP contribution in [-0.2, 0) is 11.2 Å². The number of H-pyrrole nitrogens is 1. The Morgan fingerprint density at radius 3 is 2.90 bits per heavy atom. The van der Waals surface area contributed by atoms with Crippen molar-refractivity contribution >= 4 is 23.3 Å². The minimum absolute atomic E-state index is 0.163. The van der Waals surface area contributed by atoms with Crippen LogP contribution in [0, 0.1) is 6.92 Å². The second kappa shape index (κ2) is 6.53. The zero-order chi connectivity index (χ0) is 15.4. The predicted octanol–water partition coefficient (Wildman–Crippen LogP) is 1.39. The lowest BCUT2D eigenvalue weighted by Gasteiger charge is -2.08. The Kier molecular flexibility index (Phi) is 4.74. The molecule has 0 spiro atoms. The van der Waals surface area contributed by atoms with Gasteiger partial charge < -0.3 is 5.32 Å². The number of nitrogens with zero attached hydrogens (tertiary/aromatic N) is 3. The maximum atomic E-state index is 11.7. The first kappa shape index (κ1) is 15.2. The van der Waals surface area contributed by atoms with E-state index in [-0.39, 0.29) is 23.3 Å². The van der Waals surface area contributed by atoms with Gasteiger partial charge in [0.15, 0.2) is 0 Å². The standard InChI is InChI=1S/C13H16ClN5O2/c1-3-4-9-6-11(20)17-13(15-9)19-10(5-8(2)18-19)16-12(21)7-14/h5-6H,3-4,7H2,1-2H3,(H,16,21)(H,15,17,20). The molecule has 2 rings (SSSR count). The van der Waals surface area contributed by atoms with Crippen LogP contribution in [0.5, 0.6) is 0 Å². The van der Waals surface area contributed by atoms with Crippen LogP contribution in [0.3, 0.4) is 0 Å². The van der Waals surface area contributed by atoms with E-state index in [4.69, 9.17) is 11.6 Å². The molecule has 0 bridgehead atoms. The number of halogens is 1. The van der Waals surface area contributed by atoms with E-state index in [1.165, 1.54) is 10.7 Å². The van der Waals surface area contributed by atoms with Crippen molar-refractivity contribution in [2.45, 2.75) is 26.7 Å².